The van der Waals surface area contributed by atoms with Crippen LogP contribution in [0.3, 0.4) is 0 Å². The quantitative estimate of drug-likeness (QED) is 0.410. The SMILES string of the molecule is CCNC(=NCc1ccccc1)N(C)Cc1cn(C)nc1C(C)C.I. The van der Waals surface area contributed by atoms with E-state index in [4.69, 9.17) is 4.99 Å². The van der Waals surface area contributed by atoms with Crippen molar-refractivity contribution in [2.24, 2.45) is 12.0 Å². The van der Waals surface area contributed by atoms with Gasteiger partial charge in [0.25, 0.3) is 0 Å². The number of nitrogens with zero attached hydrogens (tertiary/aromatic N) is 4. The van der Waals surface area contributed by atoms with Crippen LogP contribution in [0.4, 0.5) is 0 Å². The highest BCUT2D eigenvalue weighted by molar-refractivity contribution is 14.0. The lowest BCUT2D eigenvalue weighted by atomic mass is 10.1. The van der Waals surface area contributed by atoms with Gasteiger partial charge in [-0.25, -0.2) is 4.99 Å². The molecule has 0 aliphatic carbocycles. The third-order valence-electron chi connectivity index (χ3n) is 3.84. The Kier molecular flexibility index (Phi) is 8.96. The van der Waals surface area contributed by atoms with E-state index in [1.54, 1.807) is 0 Å². The molecule has 0 amide bonds. The topological polar surface area (TPSA) is 45.5 Å². The minimum Gasteiger partial charge on any atom is -0.357 e. The molecule has 2 rings (SSSR count). The Balaban J connectivity index is 0.00000312. The highest BCUT2D eigenvalue weighted by Gasteiger charge is 2.15. The van der Waals surface area contributed by atoms with Crippen molar-refractivity contribution in [3.8, 4) is 0 Å². The monoisotopic (exact) mass is 455 g/mol. The van der Waals surface area contributed by atoms with Gasteiger partial charge in [0.2, 0.25) is 0 Å². The summed E-state index contributed by atoms with van der Waals surface area (Å²) in [6.07, 6.45) is 2.10. The Morgan fingerprint density at radius 3 is 2.56 bits per heavy atom. The summed E-state index contributed by atoms with van der Waals surface area (Å²) in [4.78, 5) is 6.93. The lowest BCUT2D eigenvalue weighted by Crippen LogP contribution is -2.38. The van der Waals surface area contributed by atoms with Crippen LogP contribution in [0.5, 0.6) is 0 Å². The van der Waals surface area contributed by atoms with E-state index in [0.29, 0.717) is 12.5 Å². The first kappa shape index (κ1) is 21.5. The van der Waals surface area contributed by atoms with Crippen molar-refractivity contribution in [1.29, 1.82) is 0 Å². The van der Waals surface area contributed by atoms with Gasteiger partial charge in [-0.3, -0.25) is 4.68 Å². The van der Waals surface area contributed by atoms with Gasteiger partial charge in [0.15, 0.2) is 5.96 Å². The van der Waals surface area contributed by atoms with E-state index in [0.717, 1.165) is 24.7 Å². The molecular formula is C19H30IN5. The molecule has 6 heteroatoms. The Bertz CT molecular complexity index is 664. The number of hydrogen-bond donors (Lipinski definition) is 1. The van der Waals surface area contributed by atoms with E-state index in [9.17, 15) is 0 Å². The van der Waals surface area contributed by atoms with Gasteiger partial charge in [-0.15, -0.1) is 24.0 Å². The molecule has 0 saturated heterocycles. The van der Waals surface area contributed by atoms with Gasteiger partial charge in [0.05, 0.1) is 12.2 Å². The second kappa shape index (κ2) is 10.4. The number of aryl methyl sites for hydroxylation is 1. The molecule has 1 N–H and O–H groups in total. The molecule has 0 atom stereocenters. The van der Waals surface area contributed by atoms with E-state index in [1.165, 1.54) is 11.1 Å². The van der Waals surface area contributed by atoms with Crippen LogP contribution in [0.2, 0.25) is 0 Å². The van der Waals surface area contributed by atoms with Crippen molar-refractivity contribution in [2.75, 3.05) is 13.6 Å². The highest BCUT2D eigenvalue weighted by Crippen LogP contribution is 2.18. The fraction of sp³-hybridized carbons (Fsp3) is 0.474. The molecule has 2 aromatic rings. The molecule has 0 saturated carbocycles. The van der Waals surface area contributed by atoms with E-state index < -0.39 is 0 Å². The zero-order valence-corrected chi connectivity index (χ0v) is 18.2. The van der Waals surface area contributed by atoms with Gasteiger partial charge in [0.1, 0.15) is 0 Å². The number of benzene rings is 1. The Hall–Kier alpha value is -1.57. The molecule has 0 spiro atoms. The van der Waals surface area contributed by atoms with E-state index in [-0.39, 0.29) is 24.0 Å². The third-order valence-corrected chi connectivity index (χ3v) is 3.84. The lowest BCUT2D eigenvalue weighted by molar-refractivity contribution is 0.473. The number of aliphatic imine (C=N–C) groups is 1. The summed E-state index contributed by atoms with van der Waals surface area (Å²) in [6, 6.07) is 10.3. The van der Waals surface area contributed by atoms with Crippen LogP contribution in [-0.2, 0) is 20.1 Å². The summed E-state index contributed by atoms with van der Waals surface area (Å²) in [5.74, 6) is 1.33. The molecule has 0 aliphatic heterocycles. The van der Waals surface area contributed by atoms with Gasteiger partial charge in [0, 0.05) is 38.9 Å². The zero-order valence-electron chi connectivity index (χ0n) is 15.9. The Labute approximate surface area is 168 Å². The largest absolute Gasteiger partial charge is 0.357 e. The molecular weight excluding hydrogens is 425 g/mol. The van der Waals surface area contributed by atoms with Gasteiger partial charge in [-0.1, -0.05) is 44.2 Å². The predicted octanol–water partition coefficient (Wildman–Crippen LogP) is 3.76. The van der Waals surface area contributed by atoms with E-state index >= 15 is 0 Å². The Morgan fingerprint density at radius 2 is 1.96 bits per heavy atom. The maximum Gasteiger partial charge on any atom is 0.194 e. The second-order valence-corrected chi connectivity index (χ2v) is 6.38. The van der Waals surface area contributed by atoms with Gasteiger partial charge in [-0.2, -0.15) is 5.10 Å². The minimum absolute atomic E-state index is 0. The van der Waals surface area contributed by atoms with Crippen molar-refractivity contribution < 1.29 is 0 Å². The normalized spacial score (nSPS) is 11.4. The number of nitrogens with one attached hydrogen (secondary N) is 1. The number of guanidine groups is 1. The first-order valence-electron chi connectivity index (χ1n) is 8.57. The van der Waals surface area contributed by atoms with E-state index in [2.05, 4.69) is 61.5 Å². The van der Waals surface area contributed by atoms with Crippen molar-refractivity contribution in [1.82, 2.24) is 20.0 Å². The lowest BCUT2D eigenvalue weighted by Gasteiger charge is -2.22. The van der Waals surface area contributed by atoms with Crippen LogP contribution in [0.25, 0.3) is 0 Å². The minimum atomic E-state index is 0. The van der Waals surface area contributed by atoms with Crippen LogP contribution in [0, 0.1) is 0 Å². The molecule has 1 aromatic carbocycles. The molecule has 0 fully saturated rings. The fourth-order valence-corrected chi connectivity index (χ4v) is 2.71. The average Bonchev–Trinajstić information content (AvgIpc) is 2.93. The molecule has 0 bridgehead atoms. The molecule has 25 heavy (non-hydrogen) atoms. The number of aromatic nitrogens is 2. The average molecular weight is 455 g/mol. The second-order valence-electron chi connectivity index (χ2n) is 6.38. The van der Waals surface area contributed by atoms with Crippen molar-refractivity contribution in [3.63, 3.8) is 0 Å². The van der Waals surface area contributed by atoms with Crippen LogP contribution >= 0.6 is 24.0 Å². The number of hydrogen-bond acceptors (Lipinski definition) is 2. The fourth-order valence-electron chi connectivity index (χ4n) is 2.71. The molecule has 0 unspecified atom stereocenters. The predicted molar refractivity (Wildman–Crippen MR) is 115 cm³/mol. The summed E-state index contributed by atoms with van der Waals surface area (Å²) < 4.78 is 1.90. The van der Waals surface area contributed by atoms with E-state index in [1.807, 2.05) is 29.9 Å². The molecule has 1 heterocycles. The van der Waals surface area contributed by atoms with Gasteiger partial charge < -0.3 is 10.2 Å². The maximum atomic E-state index is 4.77. The van der Waals surface area contributed by atoms with Crippen LogP contribution in [0.15, 0.2) is 41.5 Å². The zero-order chi connectivity index (χ0) is 17.5. The smallest absolute Gasteiger partial charge is 0.194 e. The molecule has 1 aromatic heterocycles. The third kappa shape index (κ3) is 6.34. The van der Waals surface area contributed by atoms with Crippen molar-refractivity contribution in [3.05, 3.63) is 53.3 Å². The number of halogens is 1. The van der Waals surface area contributed by atoms with Gasteiger partial charge >= 0.3 is 0 Å². The standard InChI is InChI=1S/C19H29N5.HI/c1-6-20-19(21-12-16-10-8-7-9-11-16)23(4)13-17-14-24(5)22-18(17)15(2)3;/h7-11,14-15H,6,12-13H2,1-5H3,(H,20,21);1H. The van der Waals surface area contributed by atoms with Crippen LogP contribution in [0.1, 0.15) is 43.5 Å². The molecule has 0 aliphatic rings. The summed E-state index contributed by atoms with van der Waals surface area (Å²) in [5, 5.41) is 7.97. The van der Waals surface area contributed by atoms with Crippen LogP contribution < -0.4 is 5.32 Å². The maximum absolute atomic E-state index is 4.77. The molecule has 0 radical (unpaired) electrons. The van der Waals surface area contributed by atoms with Crippen molar-refractivity contribution in [2.45, 2.75) is 39.8 Å². The summed E-state index contributed by atoms with van der Waals surface area (Å²) in [5.41, 5.74) is 3.62. The van der Waals surface area contributed by atoms with Crippen molar-refractivity contribution >= 4 is 29.9 Å². The number of rotatable bonds is 6. The van der Waals surface area contributed by atoms with Crippen LogP contribution in [-0.4, -0.2) is 34.2 Å². The highest BCUT2D eigenvalue weighted by atomic mass is 127. The first-order valence-corrected chi connectivity index (χ1v) is 8.57. The molecule has 5 nitrogen and oxygen atoms in total. The van der Waals surface area contributed by atoms with Gasteiger partial charge in [-0.05, 0) is 18.4 Å². The summed E-state index contributed by atoms with van der Waals surface area (Å²) in [7, 11) is 4.05. The molecule has 138 valence electrons. The summed E-state index contributed by atoms with van der Waals surface area (Å²) in [6.45, 7) is 8.78. The first-order chi connectivity index (χ1) is 11.5. The Morgan fingerprint density at radius 1 is 1.28 bits per heavy atom. The summed E-state index contributed by atoms with van der Waals surface area (Å²) >= 11 is 0.